The Morgan fingerprint density at radius 1 is 1.10 bits per heavy atom. The minimum atomic E-state index is -0.107. The quantitative estimate of drug-likeness (QED) is 0.409. The molecule has 3 aliphatic rings. The van der Waals surface area contributed by atoms with Gasteiger partial charge in [0.1, 0.15) is 12.4 Å². The summed E-state index contributed by atoms with van der Waals surface area (Å²) in [5.41, 5.74) is 4.13. The zero-order chi connectivity index (χ0) is 20.6. The van der Waals surface area contributed by atoms with Gasteiger partial charge in [0.15, 0.2) is 0 Å². The fourth-order valence-electron chi connectivity index (χ4n) is 6.40. The van der Waals surface area contributed by atoms with Gasteiger partial charge >= 0.3 is 0 Å². The maximum absolute atomic E-state index is 10.6. The predicted octanol–water partition coefficient (Wildman–Crippen LogP) is 5.44. The van der Waals surface area contributed by atoms with E-state index in [2.05, 4.69) is 30.3 Å². The third kappa shape index (κ3) is 3.51. The Morgan fingerprint density at radius 3 is 2.83 bits per heavy atom. The molecule has 0 bridgehead atoms. The van der Waals surface area contributed by atoms with E-state index in [0.29, 0.717) is 24.4 Å². The van der Waals surface area contributed by atoms with E-state index in [-0.39, 0.29) is 11.5 Å². The van der Waals surface area contributed by atoms with Gasteiger partial charge in [-0.1, -0.05) is 48.5 Å². The summed E-state index contributed by atoms with van der Waals surface area (Å²) < 4.78 is 5.70. The van der Waals surface area contributed by atoms with Gasteiger partial charge in [-0.25, -0.2) is 0 Å². The van der Waals surface area contributed by atoms with Crippen LogP contribution in [0.4, 0.5) is 0 Å². The number of hydrogen-bond acceptors (Lipinski definition) is 4. The highest BCUT2D eigenvalue weighted by atomic mass is 16.6. The highest BCUT2D eigenvalue weighted by Gasteiger charge is 2.54. The van der Waals surface area contributed by atoms with Crippen molar-refractivity contribution in [3.63, 3.8) is 0 Å². The third-order valence-electron chi connectivity index (χ3n) is 8.03. The highest BCUT2D eigenvalue weighted by Crippen LogP contribution is 2.60. The number of oxime groups is 1. The molecule has 4 nitrogen and oxygen atoms in total. The topological polar surface area (TPSA) is 51.0 Å². The molecular weight excluding hydrogens is 374 g/mol. The van der Waals surface area contributed by atoms with Crippen LogP contribution in [-0.4, -0.2) is 17.6 Å². The molecule has 0 heterocycles. The van der Waals surface area contributed by atoms with Crippen molar-refractivity contribution >= 4 is 6.40 Å². The van der Waals surface area contributed by atoms with Crippen LogP contribution in [0.3, 0.4) is 0 Å². The van der Waals surface area contributed by atoms with E-state index in [1.165, 1.54) is 36.8 Å². The average Bonchev–Trinajstić information content (AvgIpc) is 3.08. The zero-order valence-electron chi connectivity index (χ0n) is 17.7. The smallest absolute Gasteiger partial charge is 0.218 e. The SMILES string of the molecule is C[C@]12CC[C@@H]3c4ccc(OC=NOCc5ccccc5)cc4CC[C@H]3[C@@H]1CC[C@@H]2O. The lowest BCUT2D eigenvalue weighted by Gasteiger charge is -2.50. The van der Waals surface area contributed by atoms with Crippen LogP contribution < -0.4 is 4.74 Å². The van der Waals surface area contributed by atoms with Crippen molar-refractivity contribution in [3.05, 3.63) is 65.2 Å². The van der Waals surface area contributed by atoms with Gasteiger partial charge in [-0.15, -0.1) is 0 Å². The molecule has 1 N–H and O–H groups in total. The van der Waals surface area contributed by atoms with Gasteiger partial charge in [0.25, 0.3) is 0 Å². The lowest BCUT2D eigenvalue weighted by molar-refractivity contribution is -0.0226. The number of aliphatic hydroxyl groups excluding tert-OH is 1. The molecule has 0 aliphatic heterocycles. The van der Waals surface area contributed by atoms with Crippen LogP contribution in [0.5, 0.6) is 5.75 Å². The van der Waals surface area contributed by atoms with Crippen molar-refractivity contribution in [1.82, 2.24) is 0 Å². The largest absolute Gasteiger partial charge is 0.442 e. The molecule has 2 saturated carbocycles. The first-order valence-corrected chi connectivity index (χ1v) is 11.3. The normalized spacial score (nSPS) is 32.3. The summed E-state index contributed by atoms with van der Waals surface area (Å²) in [5.74, 6) is 2.84. The lowest BCUT2D eigenvalue weighted by Crippen LogP contribution is -2.43. The number of ether oxygens (including phenoxy) is 1. The molecular formula is C26H31NO3. The van der Waals surface area contributed by atoms with Crippen molar-refractivity contribution in [2.75, 3.05) is 0 Å². The van der Waals surface area contributed by atoms with Crippen molar-refractivity contribution in [2.45, 2.75) is 64.1 Å². The number of hydrogen-bond donors (Lipinski definition) is 1. The van der Waals surface area contributed by atoms with Gasteiger partial charge < -0.3 is 14.7 Å². The number of rotatable bonds is 5. The van der Waals surface area contributed by atoms with E-state index in [4.69, 9.17) is 9.57 Å². The van der Waals surface area contributed by atoms with E-state index in [1.54, 1.807) is 0 Å². The molecule has 4 heteroatoms. The molecule has 2 fully saturated rings. The molecule has 0 unspecified atom stereocenters. The highest BCUT2D eigenvalue weighted by molar-refractivity contribution is 5.52. The maximum Gasteiger partial charge on any atom is 0.218 e. The number of nitrogens with zero attached hydrogens (tertiary/aromatic N) is 1. The van der Waals surface area contributed by atoms with E-state index >= 15 is 0 Å². The molecule has 2 aromatic carbocycles. The molecule has 5 rings (SSSR count). The molecule has 3 aliphatic carbocycles. The van der Waals surface area contributed by atoms with E-state index in [0.717, 1.165) is 30.6 Å². The van der Waals surface area contributed by atoms with Gasteiger partial charge in [0.2, 0.25) is 6.40 Å². The first-order chi connectivity index (χ1) is 14.6. The Morgan fingerprint density at radius 2 is 1.97 bits per heavy atom. The van der Waals surface area contributed by atoms with E-state index in [9.17, 15) is 5.11 Å². The van der Waals surface area contributed by atoms with Gasteiger partial charge in [-0.05, 0) is 90.5 Å². The summed E-state index contributed by atoms with van der Waals surface area (Å²) in [6.45, 7) is 2.76. The maximum atomic E-state index is 10.6. The molecule has 0 saturated heterocycles. The van der Waals surface area contributed by atoms with Crippen molar-refractivity contribution in [3.8, 4) is 5.75 Å². The third-order valence-corrected chi connectivity index (χ3v) is 8.03. The lowest BCUT2D eigenvalue weighted by atomic mass is 9.55. The summed E-state index contributed by atoms with van der Waals surface area (Å²) in [7, 11) is 0. The van der Waals surface area contributed by atoms with Gasteiger partial charge in [-0.3, -0.25) is 0 Å². The molecule has 0 amide bonds. The summed E-state index contributed by atoms with van der Waals surface area (Å²) in [5, 5.41) is 14.5. The summed E-state index contributed by atoms with van der Waals surface area (Å²) in [6, 6.07) is 16.5. The summed E-state index contributed by atoms with van der Waals surface area (Å²) in [4.78, 5) is 5.31. The Kier molecular flexibility index (Phi) is 5.28. The van der Waals surface area contributed by atoms with Crippen LogP contribution in [0.15, 0.2) is 53.7 Å². The van der Waals surface area contributed by atoms with Crippen LogP contribution >= 0.6 is 0 Å². The second kappa shape index (κ2) is 8.07. The second-order valence-corrected chi connectivity index (χ2v) is 9.50. The minimum absolute atomic E-state index is 0.107. The summed E-state index contributed by atoms with van der Waals surface area (Å²) >= 11 is 0. The number of fused-ring (bicyclic) bond motifs is 5. The average molecular weight is 406 g/mol. The van der Waals surface area contributed by atoms with Crippen LogP contribution in [-0.2, 0) is 17.9 Å². The molecule has 0 aromatic heterocycles. The number of benzene rings is 2. The minimum Gasteiger partial charge on any atom is -0.442 e. The van der Waals surface area contributed by atoms with Crippen LogP contribution in [0.2, 0.25) is 0 Å². The Labute approximate surface area is 178 Å². The van der Waals surface area contributed by atoms with E-state index < -0.39 is 0 Å². The van der Waals surface area contributed by atoms with Crippen molar-refractivity contribution in [2.24, 2.45) is 22.4 Å². The Bertz CT molecular complexity index is 912. The van der Waals surface area contributed by atoms with E-state index in [1.807, 2.05) is 30.3 Å². The van der Waals surface area contributed by atoms with Gasteiger partial charge in [0, 0.05) is 0 Å². The molecule has 0 radical (unpaired) electrons. The molecule has 5 atom stereocenters. The Balaban J connectivity index is 1.22. The van der Waals surface area contributed by atoms with Gasteiger partial charge in [0.05, 0.1) is 6.10 Å². The monoisotopic (exact) mass is 405 g/mol. The Hall–Kier alpha value is -2.33. The van der Waals surface area contributed by atoms with Crippen LogP contribution in [0.1, 0.15) is 61.6 Å². The molecule has 30 heavy (non-hydrogen) atoms. The van der Waals surface area contributed by atoms with Crippen LogP contribution in [0.25, 0.3) is 0 Å². The fraction of sp³-hybridized carbons (Fsp3) is 0.500. The van der Waals surface area contributed by atoms with Crippen molar-refractivity contribution < 1.29 is 14.7 Å². The number of aryl methyl sites for hydroxylation is 1. The fourth-order valence-corrected chi connectivity index (χ4v) is 6.40. The van der Waals surface area contributed by atoms with Crippen molar-refractivity contribution in [1.29, 1.82) is 0 Å². The predicted molar refractivity (Wildman–Crippen MR) is 117 cm³/mol. The summed E-state index contributed by atoms with van der Waals surface area (Å²) in [6.07, 6.45) is 8.09. The molecule has 0 spiro atoms. The number of aliphatic hydroxyl groups is 1. The second-order valence-electron chi connectivity index (χ2n) is 9.50. The van der Waals surface area contributed by atoms with Crippen LogP contribution in [0, 0.1) is 17.3 Å². The first kappa shape index (κ1) is 19.6. The molecule has 2 aromatic rings. The first-order valence-electron chi connectivity index (χ1n) is 11.3. The standard InChI is InChI=1S/C26H31NO3/c1-26-14-13-22-21-10-8-20(29-17-27-30-16-18-5-3-2-4-6-18)15-19(21)7-9-23(22)24(26)11-12-25(26)28/h2-6,8,10,15,17,22-25,28H,7,9,11-14,16H2,1H3/t22-,23-,24+,25+,26+/m1/s1. The van der Waals surface area contributed by atoms with Gasteiger partial charge in [-0.2, -0.15) is 0 Å². The molecule has 158 valence electrons. The zero-order valence-corrected chi connectivity index (χ0v) is 17.7.